The summed E-state index contributed by atoms with van der Waals surface area (Å²) in [5, 5.41) is 6.90. The van der Waals surface area contributed by atoms with Gasteiger partial charge in [0.05, 0.1) is 17.6 Å². The summed E-state index contributed by atoms with van der Waals surface area (Å²) < 4.78 is 0. The van der Waals surface area contributed by atoms with Gasteiger partial charge in [0.2, 0.25) is 0 Å². The maximum absolute atomic E-state index is 4.91. The van der Waals surface area contributed by atoms with Gasteiger partial charge in [-0.05, 0) is 77.8 Å². The number of aryl methyl sites for hydroxylation is 1. The fourth-order valence-corrected chi connectivity index (χ4v) is 4.74. The molecule has 0 saturated heterocycles. The zero-order chi connectivity index (χ0) is 25.3. The summed E-state index contributed by atoms with van der Waals surface area (Å²) in [6, 6.07) is 49.0. The summed E-state index contributed by atoms with van der Waals surface area (Å²) in [7, 11) is 0. The van der Waals surface area contributed by atoms with Gasteiger partial charge in [-0.3, -0.25) is 0 Å². The second kappa shape index (κ2) is 12.0. The zero-order valence-corrected chi connectivity index (χ0v) is 21.2. The summed E-state index contributed by atoms with van der Waals surface area (Å²) in [6.45, 7) is 2.18. The lowest BCUT2D eigenvalue weighted by Gasteiger charge is -2.20. The third kappa shape index (κ3) is 6.42. The Hall–Kier alpha value is -4.43. The fraction of sp³-hybridized carbons (Fsp3) is 0.114. The van der Waals surface area contributed by atoms with E-state index >= 15 is 0 Å². The number of nitrogens with zero attached hydrogens (tertiary/aromatic N) is 2. The Morgan fingerprint density at radius 3 is 1.51 bits per heavy atom. The second-order valence-electron chi connectivity index (χ2n) is 9.42. The van der Waals surface area contributed by atoms with Crippen molar-refractivity contribution in [2.45, 2.75) is 25.7 Å². The van der Waals surface area contributed by atoms with Crippen molar-refractivity contribution >= 4 is 17.6 Å². The minimum absolute atomic E-state index is 0.402. The molecule has 2 heteroatoms. The van der Waals surface area contributed by atoms with Crippen LogP contribution in [-0.2, 0) is 12.8 Å². The fourth-order valence-electron chi connectivity index (χ4n) is 4.74. The first-order valence-electron chi connectivity index (χ1n) is 12.9. The molecule has 0 saturated carbocycles. The molecule has 0 N–H and O–H groups in total. The lowest BCUT2D eigenvalue weighted by molar-refractivity contribution is 0.679. The largest absolute Gasteiger partial charge is 0.234 e. The molecule has 0 heterocycles. The van der Waals surface area contributed by atoms with E-state index in [1.165, 1.54) is 22.3 Å². The van der Waals surface area contributed by atoms with E-state index in [0.29, 0.717) is 5.92 Å². The Morgan fingerprint density at radius 1 is 0.595 bits per heavy atom. The van der Waals surface area contributed by atoms with Gasteiger partial charge in [0.1, 0.15) is 0 Å². The van der Waals surface area contributed by atoms with Crippen LogP contribution in [0.3, 0.4) is 0 Å². The van der Waals surface area contributed by atoms with Crippen LogP contribution in [0.4, 0.5) is 11.4 Å². The molecule has 0 bridgehead atoms. The van der Waals surface area contributed by atoms with Crippen LogP contribution < -0.4 is 5.01 Å². The zero-order valence-electron chi connectivity index (χ0n) is 21.2. The molecule has 37 heavy (non-hydrogen) atoms. The highest BCUT2D eigenvalue weighted by Gasteiger charge is 2.15. The summed E-state index contributed by atoms with van der Waals surface area (Å²) in [4.78, 5) is 0. The predicted octanol–water partition coefficient (Wildman–Crippen LogP) is 8.74. The maximum atomic E-state index is 4.91. The maximum Gasteiger partial charge on any atom is 0.0652 e. The first kappa shape index (κ1) is 24.3. The summed E-state index contributed by atoms with van der Waals surface area (Å²) >= 11 is 0. The number of hydrazone groups is 1. The van der Waals surface area contributed by atoms with E-state index in [1.807, 2.05) is 47.6 Å². The van der Waals surface area contributed by atoms with Gasteiger partial charge < -0.3 is 0 Å². The number of hydrogen-bond donors (Lipinski definition) is 0. The van der Waals surface area contributed by atoms with Gasteiger partial charge in [-0.15, -0.1) is 0 Å². The van der Waals surface area contributed by atoms with E-state index in [2.05, 4.69) is 110 Å². The van der Waals surface area contributed by atoms with Gasteiger partial charge in [-0.2, -0.15) is 5.10 Å². The lowest BCUT2D eigenvalue weighted by Crippen LogP contribution is -2.10. The van der Waals surface area contributed by atoms with Crippen LogP contribution in [-0.4, -0.2) is 6.21 Å². The summed E-state index contributed by atoms with van der Waals surface area (Å²) in [6.07, 6.45) is 4.00. The van der Waals surface area contributed by atoms with E-state index in [0.717, 1.165) is 29.8 Å². The van der Waals surface area contributed by atoms with Crippen LogP contribution in [0.5, 0.6) is 0 Å². The highest BCUT2D eigenvalue weighted by molar-refractivity contribution is 5.83. The van der Waals surface area contributed by atoms with Crippen molar-refractivity contribution in [1.82, 2.24) is 0 Å². The molecule has 0 aliphatic heterocycles. The van der Waals surface area contributed by atoms with Crippen LogP contribution in [0.25, 0.3) is 0 Å². The molecule has 0 atom stereocenters. The monoisotopic (exact) mass is 480 g/mol. The predicted molar refractivity (Wildman–Crippen MR) is 157 cm³/mol. The summed E-state index contributed by atoms with van der Waals surface area (Å²) in [5.41, 5.74) is 8.52. The first-order chi connectivity index (χ1) is 18.3. The van der Waals surface area contributed by atoms with Crippen molar-refractivity contribution in [3.8, 4) is 0 Å². The smallest absolute Gasteiger partial charge is 0.0652 e. The van der Waals surface area contributed by atoms with Crippen LogP contribution in [0.2, 0.25) is 0 Å². The topological polar surface area (TPSA) is 15.6 Å². The average molecular weight is 481 g/mol. The number of rotatable bonds is 9. The molecule has 0 aliphatic carbocycles. The summed E-state index contributed by atoms with van der Waals surface area (Å²) in [5.74, 6) is 0.402. The highest BCUT2D eigenvalue weighted by Crippen LogP contribution is 2.28. The lowest BCUT2D eigenvalue weighted by atomic mass is 9.85. The van der Waals surface area contributed by atoms with Crippen molar-refractivity contribution in [1.29, 1.82) is 0 Å². The molecule has 5 rings (SSSR count). The molecule has 0 aliphatic rings. The van der Waals surface area contributed by atoms with Crippen LogP contribution in [0, 0.1) is 6.92 Å². The van der Waals surface area contributed by atoms with E-state index in [-0.39, 0.29) is 0 Å². The third-order valence-electron chi connectivity index (χ3n) is 6.73. The molecule has 0 unspecified atom stereocenters. The molecule has 0 radical (unpaired) electrons. The molecule has 5 aromatic rings. The quantitative estimate of drug-likeness (QED) is 0.152. The normalized spacial score (nSPS) is 11.2. The Balaban J connectivity index is 1.42. The van der Waals surface area contributed by atoms with E-state index in [1.54, 1.807) is 0 Å². The molecule has 0 spiro atoms. The van der Waals surface area contributed by atoms with Crippen molar-refractivity contribution in [2.75, 3.05) is 5.01 Å². The molecular formula is C35H32N2. The van der Waals surface area contributed by atoms with Crippen LogP contribution >= 0.6 is 0 Å². The average Bonchev–Trinajstić information content (AvgIpc) is 2.96. The number of benzene rings is 5. The van der Waals surface area contributed by atoms with E-state index in [9.17, 15) is 0 Å². The van der Waals surface area contributed by atoms with Crippen LogP contribution in [0.15, 0.2) is 145 Å². The highest BCUT2D eigenvalue weighted by atomic mass is 15.5. The van der Waals surface area contributed by atoms with Gasteiger partial charge in [0, 0.05) is 0 Å². The van der Waals surface area contributed by atoms with Gasteiger partial charge in [0.15, 0.2) is 0 Å². The van der Waals surface area contributed by atoms with Gasteiger partial charge in [-0.1, -0.05) is 115 Å². The first-order valence-corrected chi connectivity index (χ1v) is 12.9. The standard InChI is InChI=1S/C35H32N2/c1-28-24-31(33(25-29-14-6-2-7-15-29)26-30-16-8-3-9-17-30)22-23-32(28)27-36-37(34-18-10-4-11-19-34)35-20-12-5-13-21-35/h2-24,27,33H,25-26H2,1H3. The van der Waals surface area contributed by atoms with Crippen molar-refractivity contribution in [3.63, 3.8) is 0 Å². The molecule has 0 amide bonds. The van der Waals surface area contributed by atoms with E-state index < -0.39 is 0 Å². The molecule has 0 fully saturated rings. The third-order valence-corrected chi connectivity index (χ3v) is 6.73. The van der Waals surface area contributed by atoms with Crippen molar-refractivity contribution < 1.29 is 0 Å². The Bertz CT molecular complexity index is 1330. The SMILES string of the molecule is Cc1cc(C(Cc2ccccc2)Cc2ccccc2)ccc1C=NN(c1ccccc1)c1ccccc1. The van der Waals surface area contributed by atoms with Crippen molar-refractivity contribution in [2.24, 2.45) is 5.10 Å². The molecular weight excluding hydrogens is 448 g/mol. The number of hydrogen-bond acceptors (Lipinski definition) is 2. The Kier molecular flexibility index (Phi) is 7.88. The van der Waals surface area contributed by atoms with Crippen molar-refractivity contribution in [3.05, 3.63) is 167 Å². The molecule has 0 aromatic heterocycles. The van der Waals surface area contributed by atoms with Gasteiger partial charge >= 0.3 is 0 Å². The molecule has 2 nitrogen and oxygen atoms in total. The number of para-hydroxylation sites is 2. The number of anilines is 2. The molecule has 5 aromatic carbocycles. The van der Waals surface area contributed by atoms with Crippen LogP contribution in [0.1, 0.15) is 33.7 Å². The Labute approximate surface area is 220 Å². The van der Waals surface area contributed by atoms with Gasteiger partial charge in [0.25, 0.3) is 0 Å². The Morgan fingerprint density at radius 2 is 1.05 bits per heavy atom. The van der Waals surface area contributed by atoms with E-state index in [4.69, 9.17) is 5.10 Å². The minimum atomic E-state index is 0.402. The van der Waals surface area contributed by atoms with Gasteiger partial charge in [-0.25, -0.2) is 5.01 Å². The minimum Gasteiger partial charge on any atom is -0.234 e. The molecule has 182 valence electrons. The second-order valence-corrected chi connectivity index (χ2v) is 9.42.